The van der Waals surface area contributed by atoms with Crippen LogP contribution in [0.25, 0.3) is 0 Å². The van der Waals surface area contributed by atoms with Crippen LogP contribution >= 0.6 is 0 Å². The Hall–Kier alpha value is -0.590. The minimum Gasteiger partial charge on any atom is -0.299 e. The molecule has 1 saturated carbocycles. The first-order chi connectivity index (χ1) is 5.93. The zero-order chi connectivity index (χ0) is 10.1. The van der Waals surface area contributed by atoms with Crippen molar-refractivity contribution in [2.75, 3.05) is 0 Å². The van der Waals surface area contributed by atoms with Gasteiger partial charge in [0.1, 0.15) is 5.78 Å². The SMILES string of the molecule is C=C(C)CC1CCCC(C)(C)C1=O. The molecule has 0 aromatic carbocycles. The van der Waals surface area contributed by atoms with Crippen LogP contribution < -0.4 is 0 Å². The summed E-state index contributed by atoms with van der Waals surface area (Å²) in [7, 11) is 0. The van der Waals surface area contributed by atoms with Gasteiger partial charge in [-0.1, -0.05) is 25.8 Å². The van der Waals surface area contributed by atoms with Crippen molar-refractivity contribution >= 4 is 5.78 Å². The third kappa shape index (κ3) is 2.43. The standard InChI is InChI=1S/C12H20O/c1-9(2)8-10-6-5-7-12(3,4)11(10)13/h10H,1,5-8H2,2-4H3. The van der Waals surface area contributed by atoms with E-state index in [1.54, 1.807) is 0 Å². The van der Waals surface area contributed by atoms with Crippen LogP contribution in [0.1, 0.15) is 46.5 Å². The van der Waals surface area contributed by atoms with E-state index in [-0.39, 0.29) is 11.3 Å². The third-order valence-electron chi connectivity index (χ3n) is 2.99. The summed E-state index contributed by atoms with van der Waals surface area (Å²) in [6.07, 6.45) is 4.20. The number of carbonyl (C=O) groups is 1. The highest BCUT2D eigenvalue weighted by Crippen LogP contribution is 2.37. The van der Waals surface area contributed by atoms with Crippen LogP contribution in [0.3, 0.4) is 0 Å². The van der Waals surface area contributed by atoms with Crippen LogP contribution in [0.4, 0.5) is 0 Å². The summed E-state index contributed by atoms with van der Waals surface area (Å²) >= 11 is 0. The molecular formula is C12H20O. The van der Waals surface area contributed by atoms with Gasteiger partial charge in [-0.3, -0.25) is 4.79 Å². The van der Waals surface area contributed by atoms with E-state index in [1.807, 2.05) is 6.92 Å². The maximum Gasteiger partial charge on any atom is 0.141 e. The second-order valence-electron chi connectivity index (χ2n) is 5.00. The van der Waals surface area contributed by atoms with Crippen LogP contribution in [0.2, 0.25) is 0 Å². The summed E-state index contributed by atoms with van der Waals surface area (Å²) in [6.45, 7) is 10.0. The second kappa shape index (κ2) is 3.65. The molecule has 0 aromatic heterocycles. The van der Waals surface area contributed by atoms with Crippen LogP contribution in [-0.4, -0.2) is 5.78 Å². The zero-order valence-corrected chi connectivity index (χ0v) is 9.02. The van der Waals surface area contributed by atoms with Gasteiger partial charge in [-0.25, -0.2) is 0 Å². The molecule has 13 heavy (non-hydrogen) atoms. The van der Waals surface area contributed by atoms with E-state index in [1.165, 1.54) is 6.42 Å². The van der Waals surface area contributed by atoms with Crippen molar-refractivity contribution in [2.24, 2.45) is 11.3 Å². The molecular weight excluding hydrogens is 160 g/mol. The maximum absolute atomic E-state index is 11.9. The third-order valence-corrected chi connectivity index (χ3v) is 2.99. The Kier molecular flexibility index (Phi) is 2.94. The van der Waals surface area contributed by atoms with Gasteiger partial charge in [0, 0.05) is 11.3 Å². The Morgan fingerprint density at radius 2 is 2.23 bits per heavy atom. The number of carbonyl (C=O) groups excluding carboxylic acids is 1. The van der Waals surface area contributed by atoms with Crippen molar-refractivity contribution in [1.82, 2.24) is 0 Å². The van der Waals surface area contributed by atoms with Gasteiger partial charge in [-0.2, -0.15) is 0 Å². The second-order valence-corrected chi connectivity index (χ2v) is 5.00. The summed E-state index contributed by atoms with van der Waals surface area (Å²) in [5.74, 6) is 0.697. The van der Waals surface area contributed by atoms with Gasteiger partial charge in [0.15, 0.2) is 0 Å². The van der Waals surface area contributed by atoms with Crippen LogP contribution in [-0.2, 0) is 4.79 Å². The largest absolute Gasteiger partial charge is 0.299 e. The Morgan fingerprint density at radius 3 is 2.77 bits per heavy atom. The molecule has 0 bridgehead atoms. The number of Topliss-reactive ketones (excluding diaryl/α,β-unsaturated/α-hetero) is 1. The van der Waals surface area contributed by atoms with E-state index in [0.29, 0.717) is 5.78 Å². The number of hydrogen-bond donors (Lipinski definition) is 0. The smallest absolute Gasteiger partial charge is 0.141 e. The van der Waals surface area contributed by atoms with Gasteiger partial charge >= 0.3 is 0 Å². The van der Waals surface area contributed by atoms with Gasteiger partial charge < -0.3 is 0 Å². The summed E-state index contributed by atoms with van der Waals surface area (Å²) in [5.41, 5.74) is 1.05. The minimum atomic E-state index is -0.0850. The molecule has 0 amide bonds. The van der Waals surface area contributed by atoms with E-state index in [4.69, 9.17) is 0 Å². The fourth-order valence-corrected chi connectivity index (χ4v) is 2.21. The summed E-state index contributed by atoms with van der Waals surface area (Å²) < 4.78 is 0. The molecule has 0 N–H and O–H groups in total. The zero-order valence-electron chi connectivity index (χ0n) is 9.02. The van der Waals surface area contributed by atoms with Gasteiger partial charge in [0.2, 0.25) is 0 Å². The van der Waals surface area contributed by atoms with Crippen molar-refractivity contribution in [1.29, 1.82) is 0 Å². The quantitative estimate of drug-likeness (QED) is 0.596. The summed E-state index contributed by atoms with van der Waals surface area (Å²) in [5, 5.41) is 0. The average molecular weight is 180 g/mol. The van der Waals surface area contributed by atoms with Gasteiger partial charge in [0.25, 0.3) is 0 Å². The van der Waals surface area contributed by atoms with Crippen molar-refractivity contribution in [3.8, 4) is 0 Å². The molecule has 0 radical (unpaired) electrons. The summed E-state index contributed by atoms with van der Waals surface area (Å²) in [4.78, 5) is 11.9. The lowest BCUT2D eigenvalue weighted by atomic mass is 9.69. The molecule has 1 atom stereocenters. The fraction of sp³-hybridized carbons (Fsp3) is 0.750. The van der Waals surface area contributed by atoms with Crippen molar-refractivity contribution < 1.29 is 4.79 Å². The molecule has 1 nitrogen and oxygen atoms in total. The molecule has 0 spiro atoms. The van der Waals surface area contributed by atoms with Crippen LogP contribution in [0.5, 0.6) is 0 Å². The van der Waals surface area contributed by atoms with E-state index in [0.717, 1.165) is 24.8 Å². The fourth-order valence-electron chi connectivity index (χ4n) is 2.21. The van der Waals surface area contributed by atoms with Crippen molar-refractivity contribution in [2.45, 2.75) is 46.5 Å². The van der Waals surface area contributed by atoms with E-state index in [9.17, 15) is 4.79 Å². The molecule has 1 rings (SSSR count). The molecule has 0 aliphatic heterocycles. The predicted molar refractivity (Wildman–Crippen MR) is 55.6 cm³/mol. The molecule has 1 heteroatoms. The first kappa shape index (κ1) is 10.5. The minimum absolute atomic E-state index is 0.0850. The van der Waals surface area contributed by atoms with E-state index < -0.39 is 0 Å². The number of allylic oxidation sites excluding steroid dienone is 1. The van der Waals surface area contributed by atoms with Gasteiger partial charge in [-0.15, -0.1) is 6.58 Å². The monoisotopic (exact) mass is 180 g/mol. The van der Waals surface area contributed by atoms with Crippen LogP contribution in [0.15, 0.2) is 12.2 Å². The molecule has 1 aliphatic rings. The highest BCUT2D eigenvalue weighted by molar-refractivity contribution is 5.87. The first-order valence-electron chi connectivity index (χ1n) is 5.12. The lowest BCUT2D eigenvalue weighted by molar-refractivity contribution is -0.134. The average Bonchev–Trinajstić information content (AvgIpc) is 1.98. The summed E-state index contributed by atoms with van der Waals surface area (Å²) in [6, 6.07) is 0. The molecule has 0 heterocycles. The Bertz CT molecular complexity index is 225. The molecule has 0 saturated heterocycles. The lowest BCUT2D eigenvalue weighted by Crippen LogP contribution is -2.35. The lowest BCUT2D eigenvalue weighted by Gasteiger charge is -2.33. The maximum atomic E-state index is 11.9. The predicted octanol–water partition coefficient (Wildman–Crippen LogP) is 3.35. The topological polar surface area (TPSA) is 17.1 Å². The van der Waals surface area contributed by atoms with Crippen molar-refractivity contribution in [3.63, 3.8) is 0 Å². The molecule has 0 aromatic rings. The Balaban J connectivity index is 2.66. The molecule has 74 valence electrons. The molecule has 1 aliphatic carbocycles. The molecule has 1 unspecified atom stereocenters. The highest BCUT2D eigenvalue weighted by Gasteiger charge is 2.36. The van der Waals surface area contributed by atoms with Crippen molar-refractivity contribution in [3.05, 3.63) is 12.2 Å². The van der Waals surface area contributed by atoms with E-state index >= 15 is 0 Å². The first-order valence-corrected chi connectivity index (χ1v) is 5.12. The number of ketones is 1. The Morgan fingerprint density at radius 1 is 1.62 bits per heavy atom. The molecule has 1 fully saturated rings. The van der Waals surface area contributed by atoms with Gasteiger partial charge in [-0.05, 0) is 26.2 Å². The normalized spacial score (nSPS) is 27.3. The highest BCUT2D eigenvalue weighted by atomic mass is 16.1. The van der Waals surface area contributed by atoms with Crippen LogP contribution in [0, 0.1) is 11.3 Å². The Labute approximate surface area is 81.2 Å². The van der Waals surface area contributed by atoms with Gasteiger partial charge in [0.05, 0.1) is 0 Å². The van der Waals surface area contributed by atoms with E-state index in [2.05, 4.69) is 20.4 Å². The number of rotatable bonds is 2. The number of hydrogen-bond acceptors (Lipinski definition) is 1.